The minimum Gasteiger partial charge on any atom is -0.478 e. The van der Waals surface area contributed by atoms with Gasteiger partial charge in [-0.15, -0.1) is 10.2 Å². The van der Waals surface area contributed by atoms with Gasteiger partial charge in [0.1, 0.15) is 11.2 Å². The quantitative estimate of drug-likeness (QED) is 0.554. The van der Waals surface area contributed by atoms with Gasteiger partial charge < -0.3 is 9.84 Å². The third kappa shape index (κ3) is 6.09. The predicted molar refractivity (Wildman–Crippen MR) is 101 cm³/mol. The second kappa shape index (κ2) is 8.53. The van der Waals surface area contributed by atoms with Gasteiger partial charge in [0.2, 0.25) is 0 Å². The van der Waals surface area contributed by atoms with Crippen molar-refractivity contribution in [3.63, 3.8) is 0 Å². The number of aromatic nitrogens is 2. The van der Waals surface area contributed by atoms with Crippen molar-refractivity contribution in [1.82, 2.24) is 15.6 Å². The Morgan fingerprint density at radius 3 is 2.32 bits per heavy atom. The van der Waals surface area contributed by atoms with Crippen LogP contribution in [0.4, 0.5) is 16.3 Å². The standard InChI is InChI=1S/C17H18ClN5O5/c1-17(2,3)28-16(27)19-10-6-4-9(5-7-10)14(24)23-22-13-11(15(25)26)8-12(18)20-21-13/h4-8H,1-3H3,(H,19,27)(H,21,22)(H,23,24)(H,25,26). The van der Waals surface area contributed by atoms with Crippen molar-refractivity contribution in [1.29, 1.82) is 0 Å². The van der Waals surface area contributed by atoms with Crippen LogP contribution in [0.3, 0.4) is 0 Å². The molecule has 10 nitrogen and oxygen atoms in total. The molecular formula is C17H18ClN5O5. The van der Waals surface area contributed by atoms with Crippen LogP contribution in [0.5, 0.6) is 0 Å². The Morgan fingerprint density at radius 2 is 1.75 bits per heavy atom. The molecule has 0 radical (unpaired) electrons. The Bertz CT molecular complexity index is 896. The lowest BCUT2D eigenvalue weighted by atomic mass is 10.2. The average molecular weight is 408 g/mol. The summed E-state index contributed by atoms with van der Waals surface area (Å²) in [6.07, 6.45) is -0.617. The fourth-order valence-electron chi connectivity index (χ4n) is 1.94. The van der Waals surface area contributed by atoms with Crippen molar-refractivity contribution in [3.8, 4) is 0 Å². The molecule has 2 amide bonds. The Kier molecular flexibility index (Phi) is 6.37. The third-order valence-corrected chi connectivity index (χ3v) is 3.27. The number of benzene rings is 1. The molecule has 0 atom stereocenters. The van der Waals surface area contributed by atoms with Gasteiger partial charge >= 0.3 is 12.1 Å². The van der Waals surface area contributed by atoms with Gasteiger partial charge in [-0.25, -0.2) is 9.59 Å². The van der Waals surface area contributed by atoms with E-state index in [1.165, 1.54) is 24.3 Å². The first-order valence-electron chi connectivity index (χ1n) is 7.98. The number of ether oxygens (including phenoxy) is 1. The van der Waals surface area contributed by atoms with Crippen LogP contribution in [0.25, 0.3) is 0 Å². The molecule has 0 unspecified atom stereocenters. The highest BCUT2D eigenvalue weighted by Gasteiger charge is 2.17. The summed E-state index contributed by atoms with van der Waals surface area (Å²) >= 11 is 5.61. The van der Waals surface area contributed by atoms with E-state index in [0.717, 1.165) is 6.07 Å². The maximum Gasteiger partial charge on any atom is 0.412 e. The first-order chi connectivity index (χ1) is 13.0. The van der Waals surface area contributed by atoms with Crippen LogP contribution in [0.2, 0.25) is 5.15 Å². The zero-order chi connectivity index (χ0) is 20.9. The van der Waals surface area contributed by atoms with Gasteiger partial charge in [-0.3, -0.25) is 21.0 Å². The second-order valence-electron chi connectivity index (χ2n) is 6.52. The highest BCUT2D eigenvalue weighted by atomic mass is 35.5. The Morgan fingerprint density at radius 1 is 1.11 bits per heavy atom. The highest BCUT2D eigenvalue weighted by molar-refractivity contribution is 6.29. The third-order valence-electron chi connectivity index (χ3n) is 3.08. The van der Waals surface area contributed by atoms with Crippen molar-refractivity contribution in [3.05, 3.63) is 46.6 Å². The number of amides is 2. The molecule has 2 rings (SSSR count). The maximum atomic E-state index is 12.2. The number of hydrogen-bond donors (Lipinski definition) is 4. The van der Waals surface area contributed by atoms with Gasteiger partial charge in [-0.2, -0.15) is 0 Å². The van der Waals surface area contributed by atoms with E-state index in [-0.39, 0.29) is 22.1 Å². The van der Waals surface area contributed by atoms with Gasteiger partial charge in [0, 0.05) is 11.3 Å². The molecule has 4 N–H and O–H groups in total. The van der Waals surface area contributed by atoms with E-state index < -0.39 is 23.6 Å². The van der Waals surface area contributed by atoms with E-state index in [2.05, 4.69) is 26.4 Å². The summed E-state index contributed by atoms with van der Waals surface area (Å²) < 4.78 is 5.14. The first kappa shape index (κ1) is 20.9. The topological polar surface area (TPSA) is 143 Å². The molecule has 0 bridgehead atoms. The van der Waals surface area contributed by atoms with E-state index in [9.17, 15) is 14.4 Å². The number of nitrogens with one attached hydrogen (secondary N) is 3. The minimum atomic E-state index is -1.29. The van der Waals surface area contributed by atoms with Crippen LogP contribution in [-0.4, -0.2) is 38.9 Å². The lowest BCUT2D eigenvalue weighted by Crippen LogP contribution is -2.31. The molecule has 1 aromatic carbocycles. The van der Waals surface area contributed by atoms with E-state index in [1.807, 2.05) is 0 Å². The normalized spacial score (nSPS) is 10.7. The molecule has 1 heterocycles. The fraction of sp³-hybridized carbons (Fsp3) is 0.235. The molecule has 148 valence electrons. The molecule has 0 aliphatic heterocycles. The fourth-order valence-corrected chi connectivity index (χ4v) is 2.08. The molecule has 0 aliphatic rings. The molecule has 11 heteroatoms. The number of halogens is 1. The number of carbonyl (C=O) groups excluding carboxylic acids is 2. The van der Waals surface area contributed by atoms with E-state index in [1.54, 1.807) is 20.8 Å². The summed E-state index contributed by atoms with van der Waals surface area (Å²) in [5, 5.41) is 18.7. The predicted octanol–water partition coefficient (Wildman–Crippen LogP) is 2.93. The molecule has 0 fully saturated rings. The molecule has 2 aromatic rings. The van der Waals surface area contributed by atoms with E-state index >= 15 is 0 Å². The molecule has 0 saturated heterocycles. The largest absolute Gasteiger partial charge is 0.478 e. The molecule has 0 spiro atoms. The summed E-state index contributed by atoms with van der Waals surface area (Å²) in [7, 11) is 0. The Hall–Kier alpha value is -3.40. The van der Waals surface area contributed by atoms with E-state index in [0.29, 0.717) is 5.69 Å². The number of carbonyl (C=O) groups is 3. The molecule has 1 aromatic heterocycles. The van der Waals surface area contributed by atoms with Gasteiger partial charge in [0.05, 0.1) is 0 Å². The number of nitrogens with zero attached hydrogens (tertiary/aromatic N) is 2. The number of carboxylic acids is 1. The van der Waals surface area contributed by atoms with Crippen LogP contribution >= 0.6 is 11.6 Å². The number of carboxylic acid groups (broad SMARTS) is 1. The molecule has 0 aliphatic carbocycles. The number of aromatic carboxylic acids is 1. The van der Waals surface area contributed by atoms with Crippen LogP contribution in [0, 0.1) is 0 Å². The SMILES string of the molecule is CC(C)(C)OC(=O)Nc1ccc(C(=O)NNc2nnc(Cl)cc2C(=O)O)cc1. The van der Waals surface area contributed by atoms with Crippen LogP contribution in [0.15, 0.2) is 30.3 Å². The van der Waals surface area contributed by atoms with Crippen LogP contribution in [0.1, 0.15) is 41.5 Å². The van der Waals surface area contributed by atoms with Gasteiger partial charge in [0.15, 0.2) is 11.0 Å². The smallest absolute Gasteiger partial charge is 0.412 e. The van der Waals surface area contributed by atoms with Gasteiger partial charge in [-0.1, -0.05) is 11.6 Å². The summed E-state index contributed by atoms with van der Waals surface area (Å²) in [5.41, 5.74) is 4.51. The zero-order valence-electron chi connectivity index (χ0n) is 15.2. The van der Waals surface area contributed by atoms with E-state index in [4.69, 9.17) is 21.4 Å². The van der Waals surface area contributed by atoms with Crippen LogP contribution in [-0.2, 0) is 4.74 Å². The van der Waals surface area contributed by atoms with Crippen molar-refractivity contribution in [2.75, 3.05) is 10.7 Å². The maximum absolute atomic E-state index is 12.2. The van der Waals surface area contributed by atoms with Gasteiger partial charge in [-0.05, 0) is 51.1 Å². The van der Waals surface area contributed by atoms with Crippen molar-refractivity contribution in [2.24, 2.45) is 0 Å². The molecule has 0 saturated carbocycles. The average Bonchev–Trinajstić information content (AvgIpc) is 2.59. The summed E-state index contributed by atoms with van der Waals surface area (Å²) in [4.78, 5) is 35.1. The Balaban J connectivity index is 1.99. The number of anilines is 2. The first-order valence-corrected chi connectivity index (χ1v) is 8.36. The van der Waals surface area contributed by atoms with Gasteiger partial charge in [0.25, 0.3) is 5.91 Å². The van der Waals surface area contributed by atoms with Crippen molar-refractivity contribution < 1.29 is 24.2 Å². The monoisotopic (exact) mass is 407 g/mol. The summed E-state index contributed by atoms with van der Waals surface area (Å²) in [6.45, 7) is 5.23. The lowest BCUT2D eigenvalue weighted by Gasteiger charge is -2.19. The molecule has 28 heavy (non-hydrogen) atoms. The van der Waals surface area contributed by atoms with Crippen molar-refractivity contribution >= 4 is 41.1 Å². The Labute approximate surface area is 165 Å². The number of hydrogen-bond acceptors (Lipinski definition) is 7. The lowest BCUT2D eigenvalue weighted by molar-refractivity contribution is 0.0634. The second-order valence-corrected chi connectivity index (χ2v) is 6.91. The summed E-state index contributed by atoms with van der Waals surface area (Å²) in [6, 6.07) is 7.07. The van der Waals surface area contributed by atoms with Crippen LogP contribution < -0.4 is 16.2 Å². The highest BCUT2D eigenvalue weighted by Crippen LogP contribution is 2.15. The van der Waals surface area contributed by atoms with Crippen molar-refractivity contribution in [2.45, 2.75) is 26.4 Å². The molecular weight excluding hydrogens is 390 g/mol. The number of hydrazine groups is 1. The zero-order valence-corrected chi connectivity index (χ0v) is 16.0. The summed E-state index contributed by atoms with van der Waals surface area (Å²) in [5.74, 6) is -2.02. The number of rotatable bonds is 5. The minimum absolute atomic E-state index is 0.0950.